The molecule has 0 saturated heterocycles. The molecule has 0 amide bonds. The van der Waals surface area contributed by atoms with Crippen LogP contribution < -0.4 is 30.0 Å². The molecule has 1 aliphatic rings. The van der Waals surface area contributed by atoms with Crippen LogP contribution in [0.1, 0.15) is 24.0 Å². The van der Waals surface area contributed by atoms with Crippen LogP contribution >= 0.6 is 11.3 Å². The van der Waals surface area contributed by atoms with Crippen molar-refractivity contribution >= 4 is 34.8 Å². The van der Waals surface area contributed by atoms with E-state index in [1.807, 2.05) is 84.9 Å². The molecule has 2 N–H and O–H groups in total. The summed E-state index contributed by atoms with van der Waals surface area (Å²) >= 11 is 1.11. The summed E-state index contributed by atoms with van der Waals surface area (Å²) < 4.78 is 19.3. The third kappa shape index (κ3) is 6.00. The van der Waals surface area contributed by atoms with Gasteiger partial charge in [0.2, 0.25) is 0 Å². The van der Waals surface area contributed by atoms with Gasteiger partial charge in [0.1, 0.15) is 33.5 Å². The van der Waals surface area contributed by atoms with Gasteiger partial charge in [0.15, 0.2) is 0 Å². The highest BCUT2D eigenvalue weighted by molar-refractivity contribution is 7.07. The predicted molar refractivity (Wildman–Crippen MR) is 173 cm³/mol. The number of thiazole rings is 1. The molecule has 0 radical (unpaired) electrons. The molecule has 0 unspecified atom stereocenters. The number of rotatable bonds is 8. The number of para-hydroxylation sites is 2. The maximum absolute atomic E-state index is 13.8. The number of nitriles is 1. The van der Waals surface area contributed by atoms with E-state index in [-0.39, 0.29) is 23.6 Å². The van der Waals surface area contributed by atoms with Gasteiger partial charge < -0.3 is 19.9 Å². The highest BCUT2D eigenvalue weighted by Gasteiger charge is 2.36. The molecular formula is C36H27N3O5S. The summed E-state index contributed by atoms with van der Waals surface area (Å²) in [5.74, 6) is 0.855. The van der Waals surface area contributed by atoms with Gasteiger partial charge in [0.25, 0.3) is 5.56 Å². The quantitative estimate of drug-likeness (QED) is 0.230. The lowest BCUT2D eigenvalue weighted by Gasteiger charge is -2.25. The number of aromatic nitrogens is 1. The van der Waals surface area contributed by atoms with Crippen LogP contribution in [0.2, 0.25) is 0 Å². The average Bonchev–Trinajstić information content (AvgIpc) is 3.37. The van der Waals surface area contributed by atoms with Crippen LogP contribution in [0.3, 0.4) is 0 Å². The zero-order valence-corrected chi connectivity index (χ0v) is 25.0. The number of hydrogen-bond acceptors (Lipinski definition) is 8. The molecule has 1 aliphatic heterocycles. The second kappa shape index (κ2) is 12.8. The first-order valence-corrected chi connectivity index (χ1v) is 15.0. The van der Waals surface area contributed by atoms with Crippen molar-refractivity contribution in [2.45, 2.75) is 12.8 Å². The summed E-state index contributed by atoms with van der Waals surface area (Å²) in [5, 5.41) is 10.3. The molecule has 45 heavy (non-hydrogen) atoms. The summed E-state index contributed by atoms with van der Waals surface area (Å²) in [7, 11) is 0. The number of ether oxygens (including phenoxy) is 3. The van der Waals surface area contributed by atoms with E-state index in [0.717, 1.165) is 11.3 Å². The minimum atomic E-state index is -0.887. The minimum Gasteiger partial charge on any atom is -0.463 e. The first kappa shape index (κ1) is 29.2. The van der Waals surface area contributed by atoms with Gasteiger partial charge in [-0.15, -0.1) is 11.3 Å². The molecule has 4 aromatic carbocycles. The Balaban J connectivity index is 1.50. The molecule has 6 rings (SSSR count). The maximum Gasteiger partial charge on any atom is 0.338 e. The molecule has 5 aromatic rings. The van der Waals surface area contributed by atoms with Gasteiger partial charge in [-0.1, -0.05) is 60.7 Å². The molecule has 1 aromatic heterocycles. The van der Waals surface area contributed by atoms with Gasteiger partial charge in [-0.2, -0.15) is 5.26 Å². The SMILES string of the molecule is CCOC(=O)C1=c2s/c(=C\c3cccc(Oc4ccccc4)c3)c(=O)n2C(N)=C(C#N)[C@H]1c1cccc(Oc2ccccc2)c1. The third-order valence-electron chi connectivity index (χ3n) is 7.07. The van der Waals surface area contributed by atoms with E-state index in [0.29, 0.717) is 43.3 Å². The van der Waals surface area contributed by atoms with Crippen molar-refractivity contribution in [3.8, 4) is 29.1 Å². The van der Waals surface area contributed by atoms with Gasteiger partial charge in [-0.05, 0) is 72.7 Å². The molecule has 0 aliphatic carbocycles. The van der Waals surface area contributed by atoms with Crippen molar-refractivity contribution in [2.75, 3.05) is 6.61 Å². The normalized spacial score (nSPS) is 14.4. The van der Waals surface area contributed by atoms with Crippen LogP contribution in [0.5, 0.6) is 23.0 Å². The number of nitrogens with two attached hydrogens (primary N) is 1. The van der Waals surface area contributed by atoms with E-state index in [9.17, 15) is 14.9 Å². The van der Waals surface area contributed by atoms with E-state index < -0.39 is 17.4 Å². The van der Waals surface area contributed by atoms with Crippen LogP contribution in [-0.2, 0) is 9.53 Å². The Hall–Kier alpha value is -5.85. The second-order valence-electron chi connectivity index (χ2n) is 10.0. The molecule has 0 bridgehead atoms. The molecule has 1 atom stereocenters. The lowest BCUT2D eigenvalue weighted by atomic mass is 9.84. The fraction of sp³-hybridized carbons (Fsp3) is 0.0833. The van der Waals surface area contributed by atoms with E-state index >= 15 is 0 Å². The number of carbonyl (C=O) groups excluding carboxylic acids is 1. The van der Waals surface area contributed by atoms with Gasteiger partial charge in [-0.25, -0.2) is 4.79 Å². The minimum absolute atomic E-state index is 0.0398. The van der Waals surface area contributed by atoms with Crippen LogP contribution in [0.15, 0.2) is 120 Å². The van der Waals surface area contributed by atoms with Crippen molar-refractivity contribution < 1.29 is 19.0 Å². The van der Waals surface area contributed by atoms with E-state index in [4.69, 9.17) is 19.9 Å². The first-order valence-electron chi connectivity index (χ1n) is 14.2. The van der Waals surface area contributed by atoms with E-state index in [1.54, 1.807) is 37.3 Å². The second-order valence-corrected chi connectivity index (χ2v) is 11.0. The molecule has 222 valence electrons. The molecule has 9 heteroatoms. The van der Waals surface area contributed by atoms with Crippen molar-refractivity contribution in [2.24, 2.45) is 5.73 Å². The van der Waals surface area contributed by atoms with Gasteiger partial charge in [0, 0.05) is 0 Å². The number of esters is 1. The summed E-state index contributed by atoms with van der Waals surface area (Å²) in [5.41, 5.74) is 7.61. The number of nitrogens with zero attached hydrogens (tertiary/aromatic N) is 2. The molecule has 0 spiro atoms. The summed E-state index contributed by atoms with van der Waals surface area (Å²) in [6.07, 6.45) is 1.71. The number of allylic oxidation sites excluding steroid dienone is 1. The third-order valence-corrected chi connectivity index (χ3v) is 8.18. The Bertz CT molecular complexity index is 2140. The maximum atomic E-state index is 13.8. The number of benzene rings is 4. The van der Waals surface area contributed by atoms with E-state index in [1.165, 1.54) is 4.57 Å². The Kier molecular flexibility index (Phi) is 8.31. The fourth-order valence-corrected chi connectivity index (χ4v) is 6.28. The summed E-state index contributed by atoms with van der Waals surface area (Å²) in [6.45, 7) is 1.81. The zero-order chi connectivity index (χ0) is 31.3. The average molecular weight is 614 g/mol. The molecular weight excluding hydrogens is 586 g/mol. The Labute approximate surface area is 262 Å². The Morgan fingerprint density at radius 2 is 1.49 bits per heavy atom. The number of carbonyl (C=O) groups is 1. The van der Waals surface area contributed by atoms with Crippen molar-refractivity contribution in [1.29, 1.82) is 5.26 Å². The van der Waals surface area contributed by atoms with Crippen LogP contribution in [0, 0.1) is 11.3 Å². The highest BCUT2D eigenvalue weighted by atomic mass is 32.1. The first-order chi connectivity index (χ1) is 22.0. The van der Waals surface area contributed by atoms with Gasteiger partial charge in [-0.3, -0.25) is 9.36 Å². The van der Waals surface area contributed by atoms with Crippen molar-refractivity contribution in [3.05, 3.63) is 145 Å². The van der Waals surface area contributed by atoms with Crippen LogP contribution in [0.4, 0.5) is 0 Å². The lowest BCUT2D eigenvalue weighted by Crippen LogP contribution is -2.40. The predicted octanol–water partition coefficient (Wildman–Crippen LogP) is 5.49. The van der Waals surface area contributed by atoms with Crippen LogP contribution in [0.25, 0.3) is 17.5 Å². The number of fused-ring (bicyclic) bond motifs is 1. The monoisotopic (exact) mass is 613 g/mol. The van der Waals surface area contributed by atoms with Gasteiger partial charge in [0.05, 0.1) is 34.3 Å². The largest absolute Gasteiger partial charge is 0.463 e. The van der Waals surface area contributed by atoms with Crippen molar-refractivity contribution in [1.82, 2.24) is 4.57 Å². The standard InChI is InChI=1S/C36H27N3O5S/c1-2-42-36(41)32-31(24-12-10-18-28(21-24)44-26-15-7-4-8-16-26)29(22-37)33(38)39-34(40)30(45-35(32)39)20-23-11-9-17-27(19-23)43-25-13-5-3-6-14-25/h3-21,31H,2,38H2,1H3/b30-20-/t31-/m1/s1. The van der Waals surface area contributed by atoms with Gasteiger partial charge >= 0.3 is 5.97 Å². The smallest absolute Gasteiger partial charge is 0.338 e. The van der Waals surface area contributed by atoms with Crippen molar-refractivity contribution in [3.63, 3.8) is 0 Å². The lowest BCUT2D eigenvalue weighted by molar-refractivity contribution is -0.136. The van der Waals surface area contributed by atoms with Crippen LogP contribution in [-0.4, -0.2) is 17.1 Å². The highest BCUT2D eigenvalue weighted by Crippen LogP contribution is 2.38. The molecule has 0 fully saturated rings. The molecule has 8 nitrogen and oxygen atoms in total. The van der Waals surface area contributed by atoms with E-state index in [2.05, 4.69) is 6.07 Å². The topological polar surface area (TPSA) is 117 Å². The zero-order valence-electron chi connectivity index (χ0n) is 24.2. The Morgan fingerprint density at radius 3 is 2.11 bits per heavy atom. The summed E-state index contributed by atoms with van der Waals surface area (Å²) in [4.78, 5) is 27.4. The fourth-order valence-electron chi connectivity index (χ4n) is 5.11. The number of hydrogen-bond donors (Lipinski definition) is 1. The summed E-state index contributed by atoms with van der Waals surface area (Å²) in [6, 6.07) is 35.2. The Morgan fingerprint density at radius 1 is 0.889 bits per heavy atom. The molecule has 0 saturated carbocycles. The molecule has 2 heterocycles.